The summed E-state index contributed by atoms with van der Waals surface area (Å²) in [7, 11) is 1.80. The number of benzene rings is 2. The maximum absolute atomic E-state index is 13.7. The first-order valence-corrected chi connectivity index (χ1v) is 9.19. The lowest BCUT2D eigenvalue weighted by atomic mass is 9.75. The summed E-state index contributed by atoms with van der Waals surface area (Å²) in [4.78, 5) is 43.9. The highest BCUT2D eigenvalue weighted by molar-refractivity contribution is 6.32. The summed E-state index contributed by atoms with van der Waals surface area (Å²) in [5.41, 5.74) is 1.75. The zero-order valence-electron chi connectivity index (χ0n) is 15.4. The number of rotatable bonds is 2. The fraction of sp³-hybridized carbons (Fsp3) is 0.174. The van der Waals surface area contributed by atoms with E-state index in [0.29, 0.717) is 28.8 Å². The fourth-order valence-corrected chi connectivity index (χ4v) is 4.86. The predicted molar refractivity (Wildman–Crippen MR) is 105 cm³/mol. The minimum Gasteiger partial charge on any atom is -0.306 e. The van der Waals surface area contributed by atoms with E-state index in [9.17, 15) is 14.4 Å². The first-order valence-electron chi connectivity index (χ1n) is 9.19. The van der Waals surface area contributed by atoms with Gasteiger partial charge in [-0.1, -0.05) is 48.5 Å². The molecule has 28 heavy (non-hydrogen) atoms. The average molecular weight is 370 g/mol. The van der Waals surface area contributed by atoms with Crippen molar-refractivity contribution in [1.82, 2.24) is 4.90 Å². The van der Waals surface area contributed by atoms with Crippen molar-refractivity contribution >= 4 is 23.2 Å². The van der Waals surface area contributed by atoms with Gasteiger partial charge in [-0.25, -0.2) is 0 Å². The molecule has 2 aromatic carbocycles. The fourth-order valence-electron chi connectivity index (χ4n) is 4.86. The molecule has 5 heteroatoms. The number of Topliss-reactive ketones (excluding diaryl/α,β-unsaturated/α-hetero) is 2. The SMILES string of the molecule is C=CCN1C(=O)C2(C3=C(CN2C)C(=O)c2ccccc2C3=O)c2ccccc21. The number of anilines is 1. The van der Waals surface area contributed by atoms with Crippen LogP contribution < -0.4 is 4.90 Å². The van der Waals surface area contributed by atoms with Crippen LogP contribution in [0.1, 0.15) is 26.3 Å². The molecule has 0 saturated carbocycles. The molecule has 1 unspecified atom stereocenters. The van der Waals surface area contributed by atoms with Crippen LogP contribution in [0.2, 0.25) is 0 Å². The van der Waals surface area contributed by atoms with Gasteiger partial charge in [0, 0.05) is 40.9 Å². The lowest BCUT2D eigenvalue weighted by molar-refractivity contribution is -0.126. The van der Waals surface area contributed by atoms with Gasteiger partial charge in [-0.05, 0) is 13.1 Å². The van der Waals surface area contributed by atoms with Crippen LogP contribution in [0, 0.1) is 0 Å². The summed E-state index contributed by atoms with van der Waals surface area (Å²) in [5.74, 6) is -0.610. The molecule has 0 bridgehead atoms. The van der Waals surface area contributed by atoms with Crippen LogP contribution in [0.3, 0.4) is 0 Å². The molecular formula is C23H18N2O3. The highest BCUT2D eigenvalue weighted by atomic mass is 16.2. The number of para-hydroxylation sites is 1. The molecule has 5 nitrogen and oxygen atoms in total. The molecule has 0 saturated heterocycles. The Morgan fingerprint density at radius 1 is 1.00 bits per heavy atom. The van der Waals surface area contributed by atoms with Crippen LogP contribution in [0.25, 0.3) is 0 Å². The maximum atomic E-state index is 13.7. The number of ketones is 2. The smallest absolute Gasteiger partial charge is 0.257 e. The minimum atomic E-state index is -1.27. The summed E-state index contributed by atoms with van der Waals surface area (Å²) in [6.07, 6.45) is 1.67. The number of hydrogen-bond acceptors (Lipinski definition) is 4. The standard InChI is InChI=1S/C23H18N2O3/c1-3-12-25-18-11-7-6-10-17(18)23(22(25)28)19-16(13-24(23)2)20(26)14-8-4-5-9-15(14)21(19)27/h3-11H,1,12-13H2,2H3. The Morgan fingerprint density at radius 2 is 1.64 bits per heavy atom. The van der Waals surface area contributed by atoms with Crippen molar-refractivity contribution in [3.05, 3.63) is 89.0 Å². The number of fused-ring (bicyclic) bond motifs is 4. The molecule has 1 spiro atoms. The summed E-state index contributed by atoms with van der Waals surface area (Å²) in [6.45, 7) is 4.36. The van der Waals surface area contributed by atoms with E-state index in [1.807, 2.05) is 29.2 Å². The van der Waals surface area contributed by atoms with Crippen molar-refractivity contribution in [3.63, 3.8) is 0 Å². The average Bonchev–Trinajstić information content (AvgIpc) is 3.16. The van der Waals surface area contributed by atoms with E-state index in [-0.39, 0.29) is 24.0 Å². The Labute approximate surface area is 162 Å². The van der Waals surface area contributed by atoms with E-state index in [2.05, 4.69) is 6.58 Å². The number of nitrogens with zero attached hydrogens (tertiary/aromatic N) is 2. The molecule has 3 aliphatic rings. The van der Waals surface area contributed by atoms with Crippen molar-refractivity contribution < 1.29 is 14.4 Å². The topological polar surface area (TPSA) is 57.7 Å². The molecule has 138 valence electrons. The maximum Gasteiger partial charge on any atom is 0.257 e. The van der Waals surface area contributed by atoms with Gasteiger partial charge in [0.15, 0.2) is 17.1 Å². The number of hydrogen-bond donors (Lipinski definition) is 0. The van der Waals surface area contributed by atoms with E-state index in [0.717, 1.165) is 11.3 Å². The second kappa shape index (κ2) is 5.59. The summed E-state index contributed by atoms with van der Waals surface area (Å²) in [5, 5.41) is 0. The summed E-state index contributed by atoms with van der Waals surface area (Å²) in [6, 6.07) is 14.3. The van der Waals surface area contributed by atoms with Crippen molar-refractivity contribution in [2.45, 2.75) is 5.54 Å². The molecule has 0 aromatic heterocycles. The third-order valence-electron chi connectivity index (χ3n) is 6.00. The zero-order chi connectivity index (χ0) is 19.6. The number of amides is 1. The molecule has 0 fully saturated rings. The van der Waals surface area contributed by atoms with Gasteiger partial charge in [0.2, 0.25) is 0 Å². The van der Waals surface area contributed by atoms with Crippen molar-refractivity contribution in [2.75, 3.05) is 25.0 Å². The molecular weight excluding hydrogens is 352 g/mol. The first-order chi connectivity index (χ1) is 13.5. The van der Waals surface area contributed by atoms with E-state index in [1.54, 1.807) is 42.3 Å². The van der Waals surface area contributed by atoms with E-state index >= 15 is 0 Å². The van der Waals surface area contributed by atoms with Gasteiger partial charge in [-0.15, -0.1) is 6.58 Å². The molecule has 5 rings (SSSR count). The minimum absolute atomic E-state index is 0.165. The van der Waals surface area contributed by atoms with E-state index in [1.165, 1.54) is 0 Å². The van der Waals surface area contributed by atoms with Gasteiger partial charge in [0.1, 0.15) is 0 Å². The molecule has 2 aliphatic heterocycles. The van der Waals surface area contributed by atoms with E-state index < -0.39 is 5.54 Å². The molecule has 2 heterocycles. The van der Waals surface area contributed by atoms with Gasteiger partial charge in [-0.3, -0.25) is 19.3 Å². The van der Waals surface area contributed by atoms with Gasteiger partial charge < -0.3 is 4.90 Å². The van der Waals surface area contributed by atoms with Crippen LogP contribution in [0.4, 0.5) is 5.69 Å². The molecule has 1 aliphatic carbocycles. The lowest BCUT2D eigenvalue weighted by Gasteiger charge is -2.34. The van der Waals surface area contributed by atoms with Gasteiger partial charge in [-0.2, -0.15) is 0 Å². The number of carbonyl (C=O) groups is 3. The Morgan fingerprint density at radius 3 is 2.36 bits per heavy atom. The Hall–Kier alpha value is -3.31. The van der Waals surface area contributed by atoms with E-state index in [4.69, 9.17) is 0 Å². The highest BCUT2D eigenvalue weighted by Crippen LogP contribution is 2.54. The van der Waals surface area contributed by atoms with Crippen LogP contribution >= 0.6 is 0 Å². The second-order valence-electron chi connectivity index (χ2n) is 7.35. The molecule has 1 amide bonds. The lowest BCUT2D eigenvalue weighted by Crippen LogP contribution is -2.51. The Kier molecular flexibility index (Phi) is 3.36. The molecule has 1 atom stereocenters. The molecule has 0 N–H and O–H groups in total. The van der Waals surface area contributed by atoms with Gasteiger partial charge in [0.05, 0.1) is 5.69 Å². The van der Waals surface area contributed by atoms with Crippen molar-refractivity contribution in [3.8, 4) is 0 Å². The Bertz CT molecular complexity index is 1130. The first kappa shape index (κ1) is 16.8. The zero-order valence-corrected chi connectivity index (χ0v) is 15.4. The predicted octanol–water partition coefficient (Wildman–Crippen LogP) is 2.74. The van der Waals surface area contributed by atoms with Crippen LogP contribution in [0.15, 0.2) is 72.3 Å². The molecule has 2 aromatic rings. The van der Waals surface area contributed by atoms with Crippen LogP contribution in [0.5, 0.6) is 0 Å². The highest BCUT2D eigenvalue weighted by Gasteiger charge is 2.62. The van der Waals surface area contributed by atoms with Crippen molar-refractivity contribution in [1.29, 1.82) is 0 Å². The third kappa shape index (κ3) is 1.77. The van der Waals surface area contributed by atoms with Crippen molar-refractivity contribution in [2.24, 2.45) is 0 Å². The number of likely N-dealkylation sites (N-methyl/N-ethyl adjacent to an activating group) is 1. The largest absolute Gasteiger partial charge is 0.306 e. The quantitative estimate of drug-likeness (QED) is 0.763. The monoisotopic (exact) mass is 370 g/mol. The van der Waals surface area contributed by atoms with Gasteiger partial charge in [0.25, 0.3) is 5.91 Å². The van der Waals surface area contributed by atoms with Crippen LogP contribution in [-0.4, -0.2) is 42.5 Å². The Balaban J connectivity index is 1.82. The normalized spacial score (nSPS) is 23.3. The summed E-state index contributed by atoms with van der Waals surface area (Å²) < 4.78 is 0. The number of carbonyl (C=O) groups excluding carboxylic acids is 3. The summed E-state index contributed by atoms with van der Waals surface area (Å²) >= 11 is 0. The van der Waals surface area contributed by atoms with Crippen LogP contribution in [-0.2, 0) is 10.3 Å². The molecule has 0 radical (unpaired) electrons. The third-order valence-corrected chi connectivity index (χ3v) is 6.00. The van der Waals surface area contributed by atoms with Gasteiger partial charge >= 0.3 is 0 Å². The second-order valence-corrected chi connectivity index (χ2v) is 7.35.